The molecule has 1 amide bonds. The smallest absolute Gasteiger partial charge is 0.307 e. The third-order valence-corrected chi connectivity index (χ3v) is 6.01. The molecule has 0 unspecified atom stereocenters. The van der Waals surface area contributed by atoms with Gasteiger partial charge in [-0.05, 0) is 38.3 Å². The fourth-order valence-electron chi connectivity index (χ4n) is 2.31. The molecule has 1 aromatic carbocycles. The molecule has 8 nitrogen and oxygen atoms in total. The van der Waals surface area contributed by atoms with E-state index in [-0.39, 0.29) is 23.8 Å². The Labute approximate surface area is 166 Å². The van der Waals surface area contributed by atoms with E-state index in [1.54, 1.807) is 39.8 Å². The SMILES string of the molecule is Cc1ccc(S(=O)(=O)NCCC(=O)OCC(=O)N[C@](C)(C#N)C(C)C)c(C)c1. The zero-order valence-corrected chi connectivity index (χ0v) is 17.6. The number of nitrogens with zero attached hydrogens (tertiary/aromatic N) is 1. The summed E-state index contributed by atoms with van der Waals surface area (Å²) in [6.45, 7) is 8.03. The van der Waals surface area contributed by atoms with Crippen LogP contribution in [0.5, 0.6) is 0 Å². The van der Waals surface area contributed by atoms with E-state index in [9.17, 15) is 18.0 Å². The molecule has 0 saturated heterocycles. The molecule has 0 aliphatic carbocycles. The number of nitrogens with one attached hydrogen (secondary N) is 2. The Kier molecular flexibility index (Phi) is 8.14. The summed E-state index contributed by atoms with van der Waals surface area (Å²) >= 11 is 0. The van der Waals surface area contributed by atoms with Gasteiger partial charge in [0.25, 0.3) is 5.91 Å². The summed E-state index contributed by atoms with van der Waals surface area (Å²) in [6.07, 6.45) is -0.225. The van der Waals surface area contributed by atoms with Crippen LogP contribution in [0, 0.1) is 31.1 Å². The molecule has 28 heavy (non-hydrogen) atoms. The van der Waals surface area contributed by atoms with Crippen molar-refractivity contribution in [3.05, 3.63) is 29.3 Å². The van der Waals surface area contributed by atoms with Gasteiger partial charge in [-0.3, -0.25) is 9.59 Å². The van der Waals surface area contributed by atoms with Gasteiger partial charge in [-0.25, -0.2) is 13.1 Å². The first-order chi connectivity index (χ1) is 12.9. The van der Waals surface area contributed by atoms with Crippen LogP contribution in [-0.2, 0) is 24.3 Å². The Morgan fingerprint density at radius 3 is 2.46 bits per heavy atom. The average Bonchev–Trinajstić information content (AvgIpc) is 2.59. The zero-order chi connectivity index (χ0) is 21.5. The van der Waals surface area contributed by atoms with Crippen LogP contribution in [0.1, 0.15) is 38.3 Å². The Hall–Kier alpha value is -2.44. The van der Waals surface area contributed by atoms with Crippen LogP contribution in [0.15, 0.2) is 23.1 Å². The first kappa shape index (κ1) is 23.6. The molecule has 0 saturated carbocycles. The largest absolute Gasteiger partial charge is 0.456 e. The number of esters is 1. The van der Waals surface area contributed by atoms with E-state index in [2.05, 4.69) is 10.0 Å². The van der Waals surface area contributed by atoms with Gasteiger partial charge in [0.1, 0.15) is 5.54 Å². The van der Waals surface area contributed by atoms with Gasteiger partial charge in [-0.2, -0.15) is 5.26 Å². The molecule has 1 rings (SSSR count). The number of ether oxygens (including phenoxy) is 1. The first-order valence-electron chi connectivity index (χ1n) is 8.86. The molecule has 2 N–H and O–H groups in total. The predicted molar refractivity (Wildman–Crippen MR) is 104 cm³/mol. The number of hydrogen-bond acceptors (Lipinski definition) is 6. The lowest BCUT2D eigenvalue weighted by Crippen LogP contribution is -2.50. The van der Waals surface area contributed by atoms with Gasteiger partial charge in [0, 0.05) is 6.54 Å². The highest BCUT2D eigenvalue weighted by molar-refractivity contribution is 7.89. The van der Waals surface area contributed by atoms with E-state index in [4.69, 9.17) is 10.00 Å². The normalized spacial score (nSPS) is 13.5. The minimum atomic E-state index is -3.74. The molecule has 0 fully saturated rings. The molecule has 9 heteroatoms. The zero-order valence-electron chi connectivity index (χ0n) is 16.8. The molecule has 0 heterocycles. The van der Waals surface area contributed by atoms with Crippen LogP contribution in [0.3, 0.4) is 0 Å². The van der Waals surface area contributed by atoms with Crippen molar-refractivity contribution in [3.8, 4) is 6.07 Å². The minimum absolute atomic E-state index is 0.128. The summed E-state index contributed by atoms with van der Waals surface area (Å²) in [5.74, 6) is -1.44. The van der Waals surface area contributed by atoms with Gasteiger partial charge < -0.3 is 10.1 Å². The van der Waals surface area contributed by atoms with Crippen LogP contribution in [0.4, 0.5) is 0 Å². The Balaban J connectivity index is 2.49. The van der Waals surface area contributed by atoms with Crippen molar-refractivity contribution in [1.82, 2.24) is 10.0 Å². The molecule has 0 bridgehead atoms. The number of nitriles is 1. The monoisotopic (exact) mass is 409 g/mol. The summed E-state index contributed by atoms with van der Waals surface area (Å²) in [7, 11) is -3.74. The maximum atomic E-state index is 12.3. The van der Waals surface area contributed by atoms with Gasteiger partial charge in [0.2, 0.25) is 10.0 Å². The summed E-state index contributed by atoms with van der Waals surface area (Å²) < 4.78 is 31.8. The highest BCUT2D eigenvalue weighted by atomic mass is 32.2. The lowest BCUT2D eigenvalue weighted by atomic mass is 9.90. The molecule has 0 aliphatic heterocycles. The van der Waals surface area contributed by atoms with Crippen molar-refractivity contribution in [2.24, 2.45) is 5.92 Å². The fraction of sp³-hybridized carbons (Fsp3) is 0.526. The van der Waals surface area contributed by atoms with Crippen LogP contribution in [-0.4, -0.2) is 39.0 Å². The van der Waals surface area contributed by atoms with Crippen molar-refractivity contribution < 1.29 is 22.7 Å². The predicted octanol–water partition coefficient (Wildman–Crippen LogP) is 1.57. The molecule has 154 valence electrons. The van der Waals surface area contributed by atoms with E-state index in [1.165, 1.54) is 6.07 Å². The third-order valence-electron chi connectivity index (χ3n) is 4.39. The molecule has 0 aromatic heterocycles. The first-order valence-corrected chi connectivity index (χ1v) is 10.3. The Morgan fingerprint density at radius 1 is 1.29 bits per heavy atom. The van der Waals surface area contributed by atoms with Gasteiger partial charge in [-0.1, -0.05) is 31.5 Å². The second-order valence-electron chi connectivity index (χ2n) is 7.09. The Bertz CT molecular complexity index is 874. The molecule has 0 radical (unpaired) electrons. The number of aryl methyl sites for hydroxylation is 2. The lowest BCUT2D eigenvalue weighted by Gasteiger charge is -2.27. The van der Waals surface area contributed by atoms with Crippen molar-refractivity contribution in [2.45, 2.75) is 51.5 Å². The summed E-state index contributed by atoms with van der Waals surface area (Å²) in [5, 5.41) is 11.7. The molecule has 0 spiro atoms. The van der Waals surface area contributed by atoms with E-state index in [0.29, 0.717) is 5.56 Å². The molecule has 1 aromatic rings. The minimum Gasteiger partial charge on any atom is -0.456 e. The number of hydrogen-bond donors (Lipinski definition) is 2. The second kappa shape index (κ2) is 9.66. The molecule has 0 aliphatic rings. The van der Waals surface area contributed by atoms with Crippen molar-refractivity contribution in [2.75, 3.05) is 13.2 Å². The van der Waals surface area contributed by atoms with Crippen molar-refractivity contribution >= 4 is 21.9 Å². The number of sulfonamides is 1. The van der Waals surface area contributed by atoms with E-state index >= 15 is 0 Å². The topological polar surface area (TPSA) is 125 Å². The summed E-state index contributed by atoms with van der Waals surface area (Å²) in [6, 6.07) is 6.98. The van der Waals surface area contributed by atoms with E-state index in [1.807, 2.05) is 13.0 Å². The maximum absolute atomic E-state index is 12.3. The van der Waals surface area contributed by atoms with E-state index in [0.717, 1.165) is 5.56 Å². The standard InChI is InChI=1S/C19H27N3O5S/c1-13(2)19(5,12-20)22-17(23)11-27-18(24)8-9-21-28(25,26)16-7-6-14(3)10-15(16)4/h6-7,10,13,21H,8-9,11H2,1-5H3,(H,22,23)/t19-/m1/s1. The van der Waals surface area contributed by atoms with Gasteiger partial charge in [0.05, 0.1) is 17.4 Å². The number of rotatable bonds is 9. The van der Waals surface area contributed by atoms with E-state index < -0.39 is 34.0 Å². The van der Waals surface area contributed by atoms with Gasteiger partial charge >= 0.3 is 5.97 Å². The number of amides is 1. The highest BCUT2D eigenvalue weighted by Gasteiger charge is 2.30. The molecular weight excluding hydrogens is 382 g/mol. The third kappa shape index (κ3) is 6.62. The summed E-state index contributed by atoms with van der Waals surface area (Å²) in [5.41, 5.74) is 0.492. The van der Waals surface area contributed by atoms with Crippen LogP contribution in [0.25, 0.3) is 0 Å². The summed E-state index contributed by atoms with van der Waals surface area (Å²) in [4.78, 5) is 23.8. The quantitative estimate of drug-likeness (QED) is 0.596. The molecule has 1 atom stereocenters. The van der Waals surface area contributed by atoms with Crippen molar-refractivity contribution in [3.63, 3.8) is 0 Å². The number of benzene rings is 1. The van der Waals surface area contributed by atoms with Crippen LogP contribution < -0.4 is 10.0 Å². The van der Waals surface area contributed by atoms with Crippen molar-refractivity contribution in [1.29, 1.82) is 5.26 Å². The number of carbonyl (C=O) groups excluding carboxylic acids is 2. The van der Waals surface area contributed by atoms with Crippen LogP contribution in [0.2, 0.25) is 0 Å². The lowest BCUT2D eigenvalue weighted by molar-refractivity contribution is -0.148. The molecular formula is C19H27N3O5S. The van der Waals surface area contributed by atoms with Gasteiger partial charge in [-0.15, -0.1) is 0 Å². The highest BCUT2D eigenvalue weighted by Crippen LogP contribution is 2.16. The number of carbonyl (C=O) groups is 2. The van der Waals surface area contributed by atoms with Gasteiger partial charge in [0.15, 0.2) is 6.61 Å². The second-order valence-corrected chi connectivity index (χ2v) is 8.83. The van der Waals surface area contributed by atoms with Crippen LogP contribution >= 0.6 is 0 Å². The Morgan fingerprint density at radius 2 is 1.93 bits per heavy atom. The average molecular weight is 410 g/mol. The fourth-order valence-corrected chi connectivity index (χ4v) is 3.57. The maximum Gasteiger partial charge on any atom is 0.307 e.